The van der Waals surface area contributed by atoms with E-state index in [-0.39, 0.29) is 5.56 Å². The lowest BCUT2D eigenvalue weighted by molar-refractivity contribution is 0.311. The highest BCUT2D eigenvalue weighted by Gasteiger charge is 2.17. The molecule has 0 saturated heterocycles. The van der Waals surface area contributed by atoms with Crippen molar-refractivity contribution in [1.82, 2.24) is 19.2 Å². The van der Waals surface area contributed by atoms with Crippen molar-refractivity contribution in [2.24, 2.45) is 5.92 Å². The Morgan fingerprint density at radius 3 is 2.48 bits per heavy atom. The van der Waals surface area contributed by atoms with Crippen LogP contribution in [0.4, 0.5) is 0 Å². The molecule has 1 aliphatic rings. The summed E-state index contributed by atoms with van der Waals surface area (Å²) in [6.45, 7) is 8.58. The number of fused-ring (bicyclic) bond motifs is 1. The third-order valence-electron chi connectivity index (χ3n) is 4.17. The fraction of sp³-hybridized carbons (Fsp3) is 0.688. The molecule has 1 saturated carbocycles. The minimum atomic E-state index is 0.0404. The standard InChI is InChI=1S/C14H20N4O.C2H6/c1-10-15-8-13-14(19)17(11(2)16-18(10)13)9-12-6-4-3-5-7-12;1-2/h8,12H,3-7,9H2,1-2H3;1-2H3. The number of aryl methyl sites for hydroxylation is 2. The monoisotopic (exact) mass is 290 g/mol. The summed E-state index contributed by atoms with van der Waals surface area (Å²) in [6.07, 6.45) is 8.01. The van der Waals surface area contributed by atoms with Gasteiger partial charge in [0.05, 0.1) is 6.20 Å². The van der Waals surface area contributed by atoms with E-state index >= 15 is 0 Å². The van der Waals surface area contributed by atoms with Gasteiger partial charge in [-0.2, -0.15) is 5.10 Å². The lowest BCUT2D eigenvalue weighted by atomic mass is 9.89. The molecule has 0 atom stereocenters. The first-order valence-electron chi connectivity index (χ1n) is 8.08. The van der Waals surface area contributed by atoms with Crippen LogP contribution in [0.5, 0.6) is 0 Å². The van der Waals surface area contributed by atoms with Crippen LogP contribution in [-0.2, 0) is 6.54 Å². The molecule has 2 aromatic heterocycles. The summed E-state index contributed by atoms with van der Waals surface area (Å²) in [5, 5.41) is 4.48. The topological polar surface area (TPSA) is 52.2 Å². The molecule has 5 nitrogen and oxygen atoms in total. The van der Waals surface area contributed by atoms with Crippen molar-refractivity contribution in [2.75, 3.05) is 0 Å². The Labute approximate surface area is 126 Å². The molecule has 2 aromatic rings. The van der Waals surface area contributed by atoms with Gasteiger partial charge in [0.25, 0.3) is 5.56 Å². The van der Waals surface area contributed by atoms with Gasteiger partial charge >= 0.3 is 0 Å². The van der Waals surface area contributed by atoms with Crippen molar-refractivity contribution in [3.63, 3.8) is 0 Å². The molecule has 1 fully saturated rings. The van der Waals surface area contributed by atoms with Crippen molar-refractivity contribution in [2.45, 2.75) is 66.3 Å². The van der Waals surface area contributed by atoms with Crippen LogP contribution < -0.4 is 5.56 Å². The van der Waals surface area contributed by atoms with Gasteiger partial charge in [0, 0.05) is 6.54 Å². The molecule has 3 rings (SSSR count). The molecule has 0 amide bonds. The van der Waals surface area contributed by atoms with E-state index in [1.807, 2.05) is 32.3 Å². The number of imidazole rings is 1. The molecule has 0 spiro atoms. The maximum Gasteiger partial charge on any atom is 0.279 e. The largest absolute Gasteiger partial charge is 0.293 e. The Kier molecular flexibility index (Phi) is 5.15. The molecule has 0 N–H and O–H groups in total. The van der Waals surface area contributed by atoms with Crippen LogP contribution in [0, 0.1) is 19.8 Å². The van der Waals surface area contributed by atoms with Crippen LogP contribution in [0.3, 0.4) is 0 Å². The molecule has 21 heavy (non-hydrogen) atoms. The zero-order valence-corrected chi connectivity index (χ0v) is 13.6. The van der Waals surface area contributed by atoms with Crippen molar-refractivity contribution >= 4 is 5.52 Å². The maximum absolute atomic E-state index is 12.5. The molecular weight excluding hydrogens is 264 g/mol. The zero-order valence-electron chi connectivity index (χ0n) is 13.6. The predicted octanol–water partition coefficient (Wildman–Crippen LogP) is 3.11. The van der Waals surface area contributed by atoms with Crippen molar-refractivity contribution in [3.8, 4) is 0 Å². The summed E-state index contributed by atoms with van der Waals surface area (Å²) in [5.41, 5.74) is 0.623. The first kappa shape index (κ1) is 15.7. The Balaban J connectivity index is 0.000000774. The Hall–Kier alpha value is -1.65. The van der Waals surface area contributed by atoms with E-state index < -0.39 is 0 Å². The normalized spacial score (nSPS) is 15.8. The molecule has 1 aliphatic carbocycles. The molecule has 0 radical (unpaired) electrons. The highest BCUT2D eigenvalue weighted by Crippen LogP contribution is 2.24. The highest BCUT2D eigenvalue weighted by molar-refractivity contribution is 5.42. The van der Waals surface area contributed by atoms with Crippen LogP contribution in [0.25, 0.3) is 5.52 Å². The number of rotatable bonds is 2. The average molecular weight is 290 g/mol. The predicted molar refractivity (Wildman–Crippen MR) is 84.6 cm³/mol. The smallest absolute Gasteiger partial charge is 0.279 e. The number of aromatic nitrogens is 4. The van der Waals surface area contributed by atoms with Crippen LogP contribution in [0.2, 0.25) is 0 Å². The first-order chi connectivity index (χ1) is 10.2. The van der Waals surface area contributed by atoms with E-state index in [9.17, 15) is 4.79 Å². The van der Waals surface area contributed by atoms with E-state index in [2.05, 4.69) is 10.1 Å². The van der Waals surface area contributed by atoms with Gasteiger partial charge in [0.15, 0.2) is 5.52 Å². The van der Waals surface area contributed by atoms with Gasteiger partial charge in [-0.15, -0.1) is 0 Å². The summed E-state index contributed by atoms with van der Waals surface area (Å²) in [7, 11) is 0. The minimum absolute atomic E-state index is 0.0404. The fourth-order valence-electron chi connectivity index (χ4n) is 3.04. The summed E-state index contributed by atoms with van der Waals surface area (Å²) < 4.78 is 3.47. The quantitative estimate of drug-likeness (QED) is 0.854. The molecule has 0 unspecified atom stereocenters. The van der Waals surface area contributed by atoms with Crippen molar-refractivity contribution < 1.29 is 0 Å². The first-order valence-corrected chi connectivity index (χ1v) is 8.08. The van der Waals surface area contributed by atoms with E-state index in [4.69, 9.17) is 0 Å². The molecule has 0 aliphatic heterocycles. The van der Waals surface area contributed by atoms with Gasteiger partial charge in [0.1, 0.15) is 11.6 Å². The number of nitrogens with zero attached hydrogens (tertiary/aromatic N) is 4. The molecular formula is C16H26N4O. The minimum Gasteiger partial charge on any atom is -0.293 e. The molecule has 116 valence electrons. The number of hydrogen-bond donors (Lipinski definition) is 0. The molecule has 0 aromatic carbocycles. The van der Waals surface area contributed by atoms with Crippen LogP contribution >= 0.6 is 0 Å². The van der Waals surface area contributed by atoms with Gasteiger partial charge in [-0.25, -0.2) is 9.50 Å². The van der Waals surface area contributed by atoms with Gasteiger partial charge in [-0.1, -0.05) is 33.1 Å². The van der Waals surface area contributed by atoms with E-state index in [0.717, 1.165) is 18.2 Å². The lowest BCUT2D eigenvalue weighted by Gasteiger charge is -2.23. The number of hydrogen-bond acceptors (Lipinski definition) is 3. The summed E-state index contributed by atoms with van der Waals surface area (Å²) in [4.78, 5) is 16.7. The van der Waals surface area contributed by atoms with Crippen LogP contribution in [0.1, 0.15) is 57.6 Å². The summed E-state index contributed by atoms with van der Waals surface area (Å²) in [6, 6.07) is 0. The molecule has 0 bridgehead atoms. The average Bonchev–Trinajstić information content (AvgIpc) is 2.88. The highest BCUT2D eigenvalue weighted by atomic mass is 16.1. The second-order valence-electron chi connectivity index (χ2n) is 5.57. The third-order valence-corrected chi connectivity index (χ3v) is 4.17. The van der Waals surface area contributed by atoms with E-state index in [1.54, 1.807) is 10.7 Å². The Bertz CT molecular complexity index is 650. The van der Waals surface area contributed by atoms with Crippen molar-refractivity contribution in [1.29, 1.82) is 0 Å². The van der Waals surface area contributed by atoms with Gasteiger partial charge < -0.3 is 0 Å². The zero-order chi connectivity index (χ0) is 15.4. The van der Waals surface area contributed by atoms with E-state index in [1.165, 1.54) is 32.1 Å². The lowest BCUT2D eigenvalue weighted by Crippen LogP contribution is -2.29. The van der Waals surface area contributed by atoms with Gasteiger partial charge in [0.2, 0.25) is 0 Å². The van der Waals surface area contributed by atoms with Crippen LogP contribution in [-0.4, -0.2) is 19.2 Å². The molecule has 5 heteroatoms. The van der Waals surface area contributed by atoms with Gasteiger partial charge in [-0.3, -0.25) is 9.36 Å². The summed E-state index contributed by atoms with van der Waals surface area (Å²) >= 11 is 0. The second kappa shape index (κ2) is 6.87. The SMILES string of the molecule is CC.Cc1nn2c(C)ncc2c(=O)n1CC1CCCCC1. The van der Waals surface area contributed by atoms with E-state index in [0.29, 0.717) is 11.4 Å². The van der Waals surface area contributed by atoms with Crippen molar-refractivity contribution in [3.05, 3.63) is 28.2 Å². The Morgan fingerprint density at radius 2 is 1.81 bits per heavy atom. The fourth-order valence-corrected chi connectivity index (χ4v) is 3.04. The maximum atomic E-state index is 12.5. The van der Waals surface area contributed by atoms with Gasteiger partial charge in [-0.05, 0) is 32.6 Å². The Morgan fingerprint density at radius 1 is 1.14 bits per heavy atom. The molecule has 2 heterocycles. The summed E-state index contributed by atoms with van der Waals surface area (Å²) in [5.74, 6) is 2.17. The third kappa shape index (κ3) is 3.17. The van der Waals surface area contributed by atoms with Crippen LogP contribution in [0.15, 0.2) is 11.0 Å². The second-order valence-corrected chi connectivity index (χ2v) is 5.57.